The Bertz CT molecular complexity index is 301. The fraction of sp³-hybridized carbons (Fsp3) is 0.643. The van der Waals surface area contributed by atoms with Crippen LogP contribution in [0.25, 0.3) is 0 Å². The van der Waals surface area contributed by atoms with E-state index in [9.17, 15) is 4.79 Å². The highest BCUT2D eigenvalue weighted by Gasteiger charge is 2.17. The molecule has 0 aromatic heterocycles. The van der Waals surface area contributed by atoms with Gasteiger partial charge in [0, 0.05) is 24.9 Å². The van der Waals surface area contributed by atoms with Crippen LogP contribution in [0.15, 0.2) is 23.9 Å². The number of carboxylic acids is 1. The molecule has 0 bridgehead atoms. The molecular weight excluding hydrogens is 214 g/mol. The SMILES string of the molecule is CCC=CC(C)CC(=CC(=O)O)N1CCCC1. The molecule has 0 aromatic carbocycles. The second kappa shape index (κ2) is 7.15. The summed E-state index contributed by atoms with van der Waals surface area (Å²) in [4.78, 5) is 13.1. The first kappa shape index (κ1) is 13.8. The molecule has 1 rings (SSSR count). The van der Waals surface area contributed by atoms with E-state index in [4.69, 9.17) is 5.11 Å². The van der Waals surface area contributed by atoms with Gasteiger partial charge in [0.15, 0.2) is 0 Å². The number of hydrogen-bond donors (Lipinski definition) is 1. The van der Waals surface area contributed by atoms with E-state index in [1.165, 1.54) is 18.9 Å². The van der Waals surface area contributed by atoms with Gasteiger partial charge in [-0.25, -0.2) is 4.79 Å². The van der Waals surface area contributed by atoms with Gasteiger partial charge in [-0.3, -0.25) is 0 Å². The lowest BCUT2D eigenvalue weighted by atomic mass is 10.0. The lowest BCUT2D eigenvalue weighted by Crippen LogP contribution is -2.21. The Morgan fingerprint density at radius 3 is 2.59 bits per heavy atom. The van der Waals surface area contributed by atoms with Crippen molar-refractivity contribution in [2.24, 2.45) is 5.92 Å². The van der Waals surface area contributed by atoms with Gasteiger partial charge >= 0.3 is 5.97 Å². The van der Waals surface area contributed by atoms with Gasteiger partial charge in [0.25, 0.3) is 0 Å². The van der Waals surface area contributed by atoms with E-state index in [0.29, 0.717) is 5.92 Å². The summed E-state index contributed by atoms with van der Waals surface area (Å²) in [7, 11) is 0. The highest BCUT2D eigenvalue weighted by Crippen LogP contribution is 2.21. The first-order valence-electron chi connectivity index (χ1n) is 6.48. The third-order valence-corrected chi connectivity index (χ3v) is 3.03. The normalized spacial score (nSPS) is 18.9. The van der Waals surface area contributed by atoms with E-state index in [1.54, 1.807) is 0 Å². The van der Waals surface area contributed by atoms with Crippen LogP contribution >= 0.6 is 0 Å². The molecule has 1 aliphatic rings. The molecule has 0 radical (unpaired) electrons. The maximum Gasteiger partial charge on any atom is 0.330 e. The maximum atomic E-state index is 10.8. The molecular formula is C14H23NO2. The molecule has 96 valence electrons. The number of carbonyl (C=O) groups is 1. The molecule has 1 atom stereocenters. The Morgan fingerprint density at radius 2 is 2.06 bits per heavy atom. The summed E-state index contributed by atoms with van der Waals surface area (Å²) in [6, 6.07) is 0. The molecule has 0 aromatic rings. The molecule has 3 nitrogen and oxygen atoms in total. The van der Waals surface area contributed by atoms with Crippen molar-refractivity contribution in [2.45, 2.75) is 39.5 Å². The van der Waals surface area contributed by atoms with Crippen LogP contribution in [0.4, 0.5) is 0 Å². The number of rotatable bonds is 6. The quantitative estimate of drug-likeness (QED) is 0.570. The van der Waals surface area contributed by atoms with Gasteiger partial charge in [-0.1, -0.05) is 26.0 Å². The topological polar surface area (TPSA) is 40.5 Å². The van der Waals surface area contributed by atoms with Crippen LogP contribution in [-0.4, -0.2) is 29.1 Å². The van der Waals surface area contributed by atoms with Crippen molar-refractivity contribution in [3.63, 3.8) is 0 Å². The number of carboxylic acid groups (broad SMARTS) is 1. The molecule has 1 unspecified atom stereocenters. The molecule has 0 saturated carbocycles. The van der Waals surface area contributed by atoms with Crippen LogP contribution in [0, 0.1) is 5.92 Å². The summed E-state index contributed by atoms with van der Waals surface area (Å²) >= 11 is 0. The van der Waals surface area contributed by atoms with Gasteiger partial charge in [-0.05, 0) is 31.6 Å². The number of nitrogens with zero attached hydrogens (tertiary/aromatic N) is 1. The minimum Gasteiger partial charge on any atom is -0.478 e. The molecule has 0 spiro atoms. The smallest absolute Gasteiger partial charge is 0.330 e. The molecule has 1 heterocycles. The Hall–Kier alpha value is -1.25. The Labute approximate surface area is 104 Å². The van der Waals surface area contributed by atoms with E-state index in [2.05, 4.69) is 30.9 Å². The average molecular weight is 237 g/mol. The van der Waals surface area contributed by atoms with Crippen molar-refractivity contribution in [3.05, 3.63) is 23.9 Å². The minimum absolute atomic E-state index is 0.404. The third-order valence-electron chi connectivity index (χ3n) is 3.03. The second-order valence-electron chi connectivity index (χ2n) is 4.69. The summed E-state index contributed by atoms with van der Waals surface area (Å²) < 4.78 is 0. The monoisotopic (exact) mass is 237 g/mol. The molecule has 1 saturated heterocycles. The van der Waals surface area contributed by atoms with Gasteiger partial charge < -0.3 is 10.0 Å². The van der Waals surface area contributed by atoms with Crippen LogP contribution in [0.5, 0.6) is 0 Å². The van der Waals surface area contributed by atoms with Crippen molar-refractivity contribution in [1.29, 1.82) is 0 Å². The molecule has 17 heavy (non-hydrogen) atoms. The summed E-state index contributed by atoms with van der Waals surface area (Å²) in [5.41, 5.74) is 0.975. The molecule has 1 aliphatic heterocycles. The van der Waals surface area contributed by atoms with E-state index in [0.717, 1.165) is 31.6 Å². The van der Waals surface area contributed by atoms with Gasteiger partial charge in [0.05, 0.1) is 0 Å². The minimum atomic E-state index is -0.835. The highest BCUT2D eigenvalue weighted by atomic mass is 16.4. The van der Waals surface area contributed by atoms with Crippen molar-refractivity contribution in [2.75, 3.05) is 13.1 Å². The van der Waals surface area contributed by atoms with Gasteiger partial charge in [-0.15, -0.1) is 0 Å². The van der Waals surface area contributed by atoms with Crippen LogP contribution < -0.4 is 0 Å². The van der Waals surface area contributed by atoms with Gasteiger partial charge in [0.2, 0.25) is 0 Å². The van der Waals surface area contributed by atoms with Crippen molar-refractivity contribution >= 4 is 5.97 Å². The van der Waals surface area contributed by atoms with Crippen LogP contribution in [0.3, 0.4) is 0 Å². The van der Waals surface area contributed by atoms with Crippen molar-refractivity contribution in [3.8, 4) is 0 Å². The first-order valence-corrected chi connectivity index (χ1v) is 6.48. The fourth-order valence-electron chi connectivity index (χ4n) is 2.19. The summed E-state index contributed by atoms with van der Waals surface area (Å²) in [6.07, 6.45) is 9.90. The zero-order valence-electron chi connectivity index (χ0n) is 10.9. The zero-order valence-corrected chi connectivity index (χ0v) is 10.9. The highest BCUT2D eigenvalue weighted by molar-refractivity contribution is 5.80. The molecule has 0 aliphatic carbocycles. The van der Waals surface area contributed by atoms with E-state index in [-0.39, 0.29) is 0 Å². The fourth-order valence-corrected chi connectivity index (χ4v) is 2.19. The average Bonchev–Trinajstić information content (AvgIpc) is 2.78. The summed E-state index contributed by atoms with van der Waals surface area (Å²) in [5, 5.41) is 8.91. The standard InChI is InChI=1S/C14H23NO2/c1-3-4-7-12(2)10-13(11-14(16)17)15-8-5-6-9-15/h4,7,11-12H,3,5-6,8-10H2,1-2H3,(H,16,17). The van der Waals surface area contributed by atoms with E-state index >= 15 is 0 Å². The largest absolute Gasteiger partial charge is 0.478 e. The molecule has 1 fully saturated rings. The molecule has 3 heteroatoms. The third kappa shape index (κ3) is 5.07. The predicted molar refractivity (Wildman–Crippen MR) is 69.7 cm³/mol. The number of aliphatic carboxylic acids is 1. The summed E-state index contributed by atoms with van der Waals surface area (Å²) in [5.74, 6) is -0.431. The van der Waals surface area contributed by atoms with E-state index < -0.39 is 5.97 Å². The number of likely N-dealkylation sites (tertiary alicyclic amines) is 1. The number of hydrogen-bond acceptors (Lipinski definition) is 2. The van der Waals surface area contributed by atoms with Gasteiger partial charge in [-0.2, -0.15) is 0 Å². The van der Waals surface area contributed by atoms with Gasteiger partial charge in [0.1, 0.15) is 0 Å². The lowest BCUT2D eigenvalue weighted by Gasteiger charge is -2.22. The second-order valence-corrected chi connectivity index (χ2v) is 4.69. The van der Waals surface area contributed by atoms with Crippen LogP contribution in [0.1, 0.15) is 39.5 Å². The van der Waals surface area contributed by atoms with E-state index in [1.807, 2.05) is 0 Å². The van der Waals surface area contributed by atoms with Crippen molar-refractivity contribution in [1.82, 2.24) is 4.90 Å². The van der Waals surface area contributed by atoms with Crippen LogP contribution in [0.2, 0.25) is 0 Å². The maximum absolute atomic E-state index is 10.8. The van der Waals surface area contributed by atoms with Crippen molar-refractivity contribution < 1.29 is 9.90 Å². The predicted octanol–water partition coefficient (Wildman–Crippen LogP) is 3.04. The van der Waals surface area contributed by atoms with Crippen LogP contribution in [-0.2, 0) is 4.79 Å². The number of allylic oxidation sites excluding steroid dienone is 3. The molecule has 0 amide bonds. The molecule has 1 N–H and O–H groups in total. The summed E-state index contributed by atoms with van der Waals surface area (Å²) in [6.45, 7) is 6.25. The zero-order chi connectivity index (χ0) is 12.7. The Balaban J connectivity index is 2.63. The first-order chi connectivity index (χ1) is 8.13. The Kier molecular flexibility index (Phi) is 5.81. The Morgan fingerprint density at radius 1 is 1.41 bits per heavy atom. The lowest BCUT2D eigenvalue weighted by molar-refractivity contribution is -0.131.